The fourth-order valence-corrected chi connectivity index (χ4v) is 4.24. The van der Waals surface area contributed by atoms with Crippen LogP contribution in [0.4, 0.5) is 8.63 Å². The van der Waals surface area contributed by atoms with E-state index in [1.807, 2.05) is 12.1 Å². The number of ketones is 2. The fraction of sp³-hybridized carbons (Fsp3) is 0.625. The summed E-state index contributed by atoms with van der Waals surface area (Å²) >= 11 is 3.17. The van der Waals surface area contributed by atoms with Gasteiger partial charge >= 0.3 is 72.9 Å². The molecule has 258 valence electrons. The summed E-state index contributed by atoms with van der Waals surface area (Å²) in [5.74, 6) is 1.46. The molecule has 2 aromatic rings. The SMILES string of the molecule is CC(=O)c1ccc(Br)nc1.CC(=O)c1ccc(C2CC2)nc1.CC1(C)OB(C2CC2)OC1(C)C.FB(F)C1CC1.OB(O)C1CC1.[F-].[K+]. The maximum absolute atomic E-state index is 11.2. The minimum absolute atomic E-state index is 0. The molecule has 5 aliphatic rings. The largest absolute Gasteiger partial charge is 1.00 e. The van der Waals surface area contributed by atoms with Crippen molar-refractivity contribution < 1.29 is 93.7 Å². The molecule has 0 spiro atoms. The first kappa shape index (κ1) is 45.6. The summed E-state index contributed by atoms with van der Waals surface area (Å²) < 4.78 is 34.9. The summed E-state index contributed by atoms with van der Waals surface area (Å²) in [6, 6.07) is 7.31. The van der Waals surface area contributed by atoms with Gasteiger partial charge in [-0.3, -0.25) is 23.2 Å². The second-order valence-corrected chi connectivity index (χ2v) is 14.4. The molecule has 1 saturated heterocycles. The van der Waals surface area contributed by atoms with Crippen molar-refractivity contribution in [2.45, 2.75) is 127 Å². The second kappa shape index (κ2) is 20.6. The molecule has 0 bridgehead atoms. The van der Waals surface area contributed by atoms with Gasteiger partial charge in [-0.05, 0) is 106 Å². The van der Waals surface area contributed by atoms with Crippen LogP contribution >= 0.6 is 15.9 Å². The van der Waals surface area contributed by atoms with Crippen LogP contribution in [0.1, 0.15) is 125 Å². The van der Waals surface area contributed by atoms with Crippen molar-refractivity contribution in [3.8, 4) is 0 Å². The topological polar surface area (TPSA) is 119 Å². The first-order valence-electron chi connectivity index (χ1n) is 16.1. The molecular weight excluding hydrogens is 717 g/mol. The van der Waals surface area contributed by atoms with E-state index in [2.05, 4.69) is 53.6 Å². The molecule has 7 rings (SSSR count). The number of hydrogen-bond donors (Lipinski definition) is 2. The Bertz CT molecular complexity index is 1250. The molecule has 0 amide bonds. The summed E-state index contributed by atoms with van der Waals surface area (Å²) in [5, 5.41) is 16.5. The van der Waals surface area contributed by atoms with Crippen molar-refractivity contribution >= 4 is 49.0 Å². The van der Waals surface area contributed by atoms with Crippen LogP contribution in [0, 0.1) is 0 Å². The van der Waals surface area contributed by atoms with Gasteiger partial charge < -0.3 is 24.1 Å². The number of carbonyl (C=O) groups excluding carboxylic acids is 2. The Labute approximate surface area is 335 Å². The van der Waals surface area contributed by atoms with Gasteiger partial charge in [0, 0.05) is 40.9 Å². The van der Waals surface area contributed by atoms with Crippen LogP contribution < -0.4 is 56.1 Å². The zero-order chi connectivity index (χ0) is 34.2. The van der Waals surface area contributed by atoms with E-state index in [0.29, 0.717) is 22.9 Å². The van der Waals surface area contributed by atoms with Crippen molar-refractivity contribution in [2.75, 3.05) is 0 Å². The molecule has 8 nitrogen and oxygen atoms in total. The quantitative estimate of drug-likeness (QED) is 0.260. The van der Waals surface area contributed by atoms with Crippen molar-refractivity contribution in [1.29, 1.82) is 0 Å². The normalized spacial score (nSPS) is 19.4. The van der Waals surface area contributed by atoms with Gasteiger partial charge in [0.15, 0.2) is 11.6 Å². The maximum Gasteiger partial charge on any atom is 1.00 e. The second-order valence-electron chi connectivity index (χ2n) is 13.6. The van der Waals surface area contributed by atoms with Gasteiger partial charge in [-0.2, -0.15) is 0 Å². The molecule has 3 heterocycles. The van der Waals surface area contributed by atoms with Gasteiger partial charge in [-0.25, -0.2) is 4.98 Å². The molecule has 1 aliphatic heterocycles. The standard InChI is InChI=1S/C10H11NO.C9H17BO2.C7H6BrNO.C3H5BF2.C3H7BO2.FH.K/c1-7(12)9-4-5-10(11-6-9)8-2-3-8;1-8(2)9(3,4)12-10(11-8)7-5-6-7;1-5(10)6-2-3-7(8)9-4-6;2*5-4(6)3-1-2-3;;/h4-6,8H,2-3H2,1H3;7H,5-6H2,1-4H3;2-4H,1H3;3H,1-2H2;3,5-6H,1-2H2;1H;/q;;;;;;+1/p-1. The number of aromatic nitrogens is 2. The molecule has 48 heavy (non-hydrogen) atoms. The van der Waals surface area contributed by atoms with E-state index in [1.165, 1.54) is 32.6 Å². The summed E-state index contributed by atoms with van der Waals surface area (Å²) in [6.45, 7) is 11.5. The predicted molar refractivity (Wildman–Crippen MR) is 181 cm³/mol. The van der Waals surface area contributed by atoms with Gasteiger partial charge in [-0.1, -0.05) is 38.5 Å². The van der Waals surface area contributed by atoms with Gasteiger partial charge in [0.05, 0.1) is 11.2 Å². The van der Waals surface area contributed by atoms with Crippen LogP contribution in [0.2, 0.25) is 17.5 Å². The van der Waals surface area contributed by atoms with Crippen LogP contribution in [-0.2, 0) is 9.31 Å². The Morgan fingerprint density at radius 2 is 1.27 bits per heavy atom. The van der Waals surface area contributed by atoms with E-state index in [0.717, 1.165) is 36.0 Å². The molecule has 2 N–H and O–H groups in total. The van der Waals surface area contributed by atoms with Crippen LogP contribution in [0.5, 0.6) is 0 Å². The predicted octanol–water partition coefficient (Wildman–Crippen LogP) is 1.66. The van der Waals surface area contributed by atoms with Gasteiger partial charge in [0.2, 0.25) is 0 Å². The monoisotopic (exact) mass is 762 g/mol. The summed E-state index contributed by atoms with van der Waals surface area (Å²) in [4.78, 5) is 29.7. The number of Topliss-reactive ketones (excluding diaryl/α,β-unsaturated/α-hetero) is 2. The number of halogens is 4. The van der Waals surface area contributed by atoms with E-state index < -0.39 is 14.4 Å². The third kappa shape index (κ3) is 16.3. The number of pyridine rings is 2. The van der Waals surface area contributed by atoms with Crippen LogP contribution in [-0.4, -0.2) is 64.3 Å². The molecule has 4 saturated carbocycles. The van der Waals surface area contributed by atoms with Crippen molar-refractivity contribution in [3.63, 3.8) is 0 Å². The van der Waals surface area contributed by atoms with Crippen molar-refractivity contribution in [1.82, 2.24) is 9.97 Å². The maximum atomic E-state index is 11.2. The number of carbonyl (C=O) groups is 2. The van der Waals surface area contributed by atoms with Crippen LogP contribution in [0.3, 0.4) is 0 Å². The van der Waals surface area contributed by atoms with Crippen molar-refractivity contribution in [2.24, 2.45) is 0 Å². The van der Waals surface area contributed by atoms with Gasteiger partial charge in [0.25, 0.3) is 0 Å². The van der Waals surface area contributed by atoms with E-state index in [1.54, 1.807) is 31.5 Å². The summed E-state index contributed by atoms with van der Waals surface area (Å²) in [5.41, 5.74) is 2.21. The Morgan fingerprint density at radius 1 is 0.812 bits per heavy atom. The summed E-state index contributed by atoms with van der Waals surface area (Å²) in [6.07, 6.45) is 11.8. The van der Waals surface area contributed by atoms with Crippen LogP contribution in [0.15, 0.2) is 41.3 Å². The molecule has 0 atom stereocenters. The minimum atomic E-state index is -2.04. The summed E-state index contributed by atoms with van der Waals surface area (Å²) in [7, 11) is -3.01. The number of nitrogens with zero attached hydrogens (tertiary/aromatic N) is 2. The molecule has 0 radical (unpaired) electrons. The van der Waals surface area contributed by atoms with E-state index in [9.17, 15) is 18.2 Å². The average Bonchev–Trinajstić information content (AvgIpc) is 3.83. The molecule has 16 heteroatoms. The van der Waals surface area contributed by atoms with E-state index in [-0.39, 0.29) is 97.6 Å². The smallest absolute Gasteiger partial charge is 1.00 e. The molecule has 5 fully saturated rings. The third-order valence-corrected chi connectivity index (χ3v) is 9.09. The zero-order valence-corrected chi connectivity index (χ0v) is 33.8. The van der Waals surface area contributed by atoms with Crippen molar-refractivity contribution in [3.05, 3.63) is 58.1 Å². The molecule has 0 unspecified atom stereocenters. The third-order valence-electron chi connectivity index (χ3n) is 8.62. The Kier molecular flexibility index (Phi) is 19.5. The van der Waals surface area contributed by atoms with E-state index >= 15 is 0 Å². The number of rotatable bonds is 6. The minimum Gasteiger partial charge on any atom is -1.00 e. The fourth-order valence-electron chi connectivity index (χ4n) is 4.01. The Hall–Kier alpha value is -0.419. The molecule has 2 aromatic heterocycles. The molecular formula is C32H46B3BrF3KN2O6. The zero-order valence-electron chi connectivity index (χ0n) is 29.1. The first-order chi connectivity index (χ1) is 21.5. The van der Waals surface area contributed by atoms with Crippen LogP contribution in [0.25, 0.3) is 0 Å². The van der Waals surface area contributed by atoms with E-state index in [4.69, 9.17) is 19.4 Å². The first-order valence-corrected chi connectivity index (χ1v) is 16.9. The number of hydrogen-bond acceptors (Lipinski definition) is 8. The Balaban J connectivity index is 0.000000305. The molecule has 0 aromatic carbocycles. The Morgan fingerprint density at radius 3 is 1.52 bits per heavy atom. The molecule has 4 aliphatic carbocycles. The average molecular weight is 763 g/mol. The van der Waals surface area contributed by atoms with Gasteiger partial charge in [-0.15, -0.1) is 0 Å². The van der Waals surface area contributed by atoms with Gasteiger partial charge in [0.1, 0.15) is 4.60 Å².